The highest BCUT2D eigenvalue weighted by atomic mass is 79.9. The second-order valence-corrected chi connectivity index (χ2v) is 6.75. The van der Waals surface area contributed by atoms with Crippen LogP contribution in [-0.4, -0.2) is 25.8 Å². The van der Waals surface area contributed by atoms with Crippen LogP contribution in [0, 0.1) is 0 Å². The van der Waals surface area contributed by atoms with Crippen LogP contribution in [0.25, 0.3) is 0 Å². The fourth-order valence-electron chi connectivity index (χ4n) is 1.62. The smallest absolute Gasteiger partial charge is 0.0767 e. The van der Waals surface area contributed by atoms with Gasteiger partial charge in [-0.05, 0) is 35.3 Å². The predicted octanol–water partition coefficient (Wildman–Crippen LogP) is 1.73. The molecule has 2 atom stereocenters. The monoisotopic (exact) mass is 321 g/mol. The lowest BCUT2D eigenvalue weighted by Gasteiger charge is -2.10. The fraction of sp³-hybridized carbons (Fsp3) is 0.727. The second-order valence-electron chi connectivity index (χ2n) is 4.10. The van der Waals surface area contributed by atoms with Crippen molar-refractivity contribution in [3.05, 3.63) is 15.9 Å². The molecule has 0 aliphatic carbocycles. The third-order valence-corrected chi connectivity index (χ3v) is 5.41. The molecule has 0 saturated heterocycles. The van der Waals surface area contributed by atoms with Crippen molar-refractivity contribution >= 4 is 26.7 Å². The molecule has 0 radical (unpaired) electrons. The van der Waals surface area contributed by atoms with Crippen molar-refractivity contribution in [2.45, 2.75) is 37.7 Å². The van der Waals surface area contributed by atoms with E-state index in [1.54, 1.807) is 0 Å². The number of hydrogen-bond donors (Lipinski definition) is 1. The fourth-order valence-corrected chi connectivity index (χ4v) is 3.85. The van der Waals surface area contributed by atoms with Crippen molar-refractivity contribution < 1.29 is 4.21 Å². The van der Waals surface area contributed by atoms with Gasteiger partial charge < -0.3 is 5.73 Å². The first-order valence-electron chi connectivity index (χ1n) is 5.78. The summed E-state index contributed by atoms with van der Waals surface area (Å²) in [6, 6.07) is 0. The van der Waals surface area contributed by atoms with Crippen molar-refractivity contribution in [1.29, 1.82) is 0 Å². The van der Waals surface area contributed by atoms with E-state index in [0.717, 1.165) is 28.7 Å². The number of halogens is 1. The van der Waals surface area contributed by atoms with Gasteiger partial charge in [-0.1, -0.05) is 13.8 Å². The van der Waals surface area contributed by atoms with E-state index in [9.17, 15) is 4.21 Å². The highest BCUT2D eigenvalue weighted by molar-refractivity contribution is 9.10. The lowest BCUT2D eigenvalue weighted by molar-refractivity contribution is 0.659. The molecule has 6 heteroatoms. The highest BCUT2D eigenvalue weighted by Gasteiger charge is 2.18. The molecule has 2 unspecified atom stereocenters. The summed E-state index contributed by atoms with van der Waals surface area (Å²) in [4.78, 5) is 0. The maximum Gasteiger partial charge on any atom is 0.0767 e. The van der Waals surface area contributed by atoms with Crippen molar-refractivity contribution in [3.8, 4) is 0 Å². The topological polar surface area (TPSA) is 60.9 Å². The number of hydrogen-bond acceptors (Lipinski definition) is 3. The Balaban J connectivity index is 2.81. The molecule has 1 rings (SSSR count). The van der Waals surface area contributed by atoms with Crippen LogP contribution in [0.4, 0.5) is 0 Å². The Morgan fingerprint density at radius 1 is 1.59 bits per heavy atom. The first-order chi connectivity index (χ1) is 8.01. The third kappa shape index (κ3) is 3.63. The van der Waals surface area contributed by atoms with Gasteiger partial charge in [0, 0.05) is 23.1 Å². The first-order valence-corrected chi connectivity index (χ1v) is 7.96. The van der Waals surface area contributed by atoms with Crippen LogP contribution in [0.5, 0.6) is 0 Å². The van der Waals surface area contributed by atoms with E-state index in [0.29, 0.717) is 12.3 Å². The molecule has 1 aromatic rings. The highest BCUT2D eigenvalue weighted by Crippen LogP contribution is 2.23. The molecule has 0 fully saturated rings. The van der Waals surface area contributed by atoms with E-state index in [1.807, 2.05) is 18.7 Å². The van der Waals surface area contributed by atoms with Gasteiger partial charge >= 0.3 is 0 Å². The van der Waals surface area contributed by atoms with Crippen LogP contribution in [0.3, 0.4) is 0 Å². The summed E-state index contributed by atoms with van der Waals surface area (Å²) in [5.41, 5.74) is 7.51. The summed E-state index contributed by atoms with van der Waals surface area (Å²) < 4.78 is 14.9. The van der Waals surface area contributed by atoms with Gasteiger partial charge in [-0.2, -0.15) is 5.10 Å². The van der Waals surface area contributed by atoms with Gasteiger partial charge in [-0.25, -0.2) is 0 Å². The average Bonchev–Trinajstić information content (AvgIpc) is 2.56. The lowest BCUT2D eigenvalue weighted by Crippen LogP contribution is -2.18. The Kier molecular flexibility index (Phi) is 5.82. The summed E-state index contributed by atoms with van der Waals surface area (Å²) in [7, 11) is 0.997. The van der Waals surface area contributed by atoms with Crippen molar-refractivity contribution in [3.63, 3.8) is 0 Å². The normalized spacial score (nSPS) is 14.9. The quantitative estimate of drug-likeness (QED) is 0.868. The molecule has 0 spiro atoms. The van der Waals surface area contributed by atoms with E-state index in [2.05, 4.69) is 28.0 Å². The van der Waals surface area contributed by atoms with Gasteiger partial charge in [0.1, 0.15) is 0 Å². The standard InChI is InChI=1S/C11H20BrN3OS/c1-4-9-11(12)10(15(3)14-9)7-17(16)8(2)5-6-13/h8H,4-7,13H2,1-3H3. The van der Waals surface area contributed by atoms with Crippen LogP contribution in [0.2, 0.25) is 0 Å². The summed E-state index contributed by atoms with van der Waals surface area (Å²) in [6.07, 6.45) is 1.67. The molecule has 17 heavy (non-hydrogen) atoms. The number of rotatable bonds is 6. The zero-order chi connectivity index (χ0) is 13.0. The molecule has 1 aromatic heterocycles. The molecule has 0 aromatic carbocycles. The first kappa shape index (κ1) is 14.9. The van der Waals surface area contributed by atoms with Gasteiger partial charge in [-0.3, -0.25) is 8.89 Å². The number of nitrogens with two attached hydrogens (primary N) is 1. The molecule has 98 valence electrons. The third-order valence-electron chi connectivity index (χ3n) is 2.80. The Bertz CT molecular complexity index is 406. The Hall–Kier alpha value is -0.200. The molecule has 0 amide bonds. The van der Waals surface area contributed by atoms with E-state index in [1.165, 1.54) is 0 Å². The van der Waals surface area contributed by atoms with Crippen molar-refractivity contribution in [1.82, 2.24) is 9.78 Å². The Morgan fingerprint density at radius 3 is 2.71 bits per heavy atom. The minimum atomic E-state index is -0.896. The summed E-state index contributed by atoms with van der Waals surface area (Å²) in [5.74, 6) is 0.533. The zero-order valence-corrected chi connectivity index (χ0v) is 13.0. The molecule has 2 N–H and O–H groups in total. The molecule has 0 bridgehead atoms. The maximum absolute atomic E-state index is 12.1. The number of aromatic nitrogens is 2. The zero-order valence-electron chi connectivity index (χ0n) is 10.6. The van der Waals surface area contributed by atoms with Gasteiger partial charge in [0.15, 0.2) is 0 Å². The minimum Gasteiger partial charge on any atom is -0.330 e. The molecule has 0 saturated carbocycles. The van der Waals surface area contributed by atoms with Gasteiger partial charge in [0.25, 0.3) is 0 Å². The molecule has 0 aliphatic heterocycles. The minimum absolute atomic E-state index is 0.131. The molecule has 1 heterocycles. The molecule has 0 aliphatic rings. The summed E-state index contributed by atoms with van der Waals surface area (Å²) >= 11 is 3.54. The molecular formula is C11H20BrN3OS. The Morgan fingerprint density at radius 2 is 2.24 bits per heavy atom. The van der Waals surface area contributed by atoms with E-state index in [4.69, 9.17) is 5.73 Å². The molecule has 4 nitrogen and oxygen atoms in total. The SMILES string of the molecule is CCc1nn(C)c(CS(=O)C(C)CCN)c1Br. The van der Waals surface area contributed by atoms with Gasteiger partial charge in [-0.15, -0.1) is 0 Å². The summed E-state index contributed by atoms with van der Waals surface area (Å²) in [5, 5.41) is 4.53. The lowest BCUT2D eigenvalue weighted by atomic mass is 10.3. The second kappa shape index (κ2) is 6.66. The van der Waals surface area contributed by atoms with Crippen molar-refractivity contribution in [2.75, 3.05) is 6.54 Å². The van der Waals surface area contributed by atoms with Crippen LogP contribution >= 0.6 is 15.9 Å². The van der Waals surface area contributed by atoms with Crippen LogP contribution in [-0.2, 0) is 30.0 Å². The van der Waals surface area contributed by atoms with Crippen molar-refractivity contribution in [2.24, 2.45) is 12.8 Å². The molecular weight excluding hydrogens is 302 g/mol. The average molecular weight is 322 g/mol. The largest absolute Gasteiger partial charge is 0.330 e. The maximum atomic E-state index is 12.1. The van der Waals surface area contributed by atoms with Crippen LogP contribution < -0.4 is 5.73 Å². The summed E-state index contributed by atoms with van der Waals surface area (Å²) in [6.45, 7) is 4.62. The van der Waals surface area contributed by atoms with Gasteiger partial charge in [0.05, 0.1) is 21.6 Å². The Labute approximate surface area is 114 Å². The number of nitrogens with zero attached hydrogens (tertiary/aromatic N) is 2. The predicted molar refractivity (Wildman–Crippen MR) is 75.3 cm³/mol. The van der Waals surface area contributed by atoms with E-state index < -0.39 is 10.8 Å². The van der Waals surface area contributed by atoms with E-state index in [-0.39, 0.29) is 5.25 Å². The van der Waals surface area contributed by atoms with Crippen LogP contribution in [0.15, 0.2) is 4.47 Å². The van der Waals surface area contributed by atoms with Gasteiger partial charge in [0.2, 0.25) is 0 Å². The number of aryl methyl sites for hydroxylation is 2. The van der Waals surface area contributed by atoms with Crippen LogP contribution in [0.1, 0.15) is 31.7 Å². The van der Waals surface area contributed by atoms with E-state index >= 15 is 0 Å².